The van der Waals surface area contributed by atoms with Crippen LogP contribution >= 0.6 is 9.68 Å². The van der Waals surface area contributed by atoms with Crippen LogP contribution in [0.25, 0.3) is 0 Å². The molecule has 0 aromatic heterocycles. The van der Waals surface area contributed by atoms with Crippen LogP contribution in [0, 0.1) is 0 Å². The largest absolute Gasteiger partial charge is 0.260 e. The van der Waals surface area contributed by atoms with E-state index in [0.717, 1.165) is 0 Å². The van der Waals surface area contributed by atoms with Gasteiger partial charge in [0, 0.05) is 97.0 Å². The molecular formula is C6H164P+. The minimum atomic E-state index is -3.39. The van der Waals surface area contributed by atoms with Crippen LogP contribution in [-0.4, -0.2) is 5.11 Å². The van der Waals surface area contributed by atoms with Gasteiger partial charge in [0.25, 0.3) is 5.11 Å². The lowest BCUT2D eigenvalue weighted by Crippen LogP contribution is 0.143. The molecule has 0 radical (unpaired) electrons. The maximum atomic E-state index is 6.05. The van der Waals surface area contributed by atoms with Crippen molar-refractivity contribution < 1.29 is 97.0 Å². The fourth-order valence-electron chi connectivity index (χ4n) is 0. The molecule has 0 rings (SSSR count). The predicted molar refractivity (Wildman–Crippen MR) is 197 cm³/mol. The second kappa shape index (κ2) is 1030. The van der Waals surface area contributed by atoms with Crippen molar-refractivity contribution in [3.63, 3.8) is 0 Å². The molecule has 0 aromatic rings. The van der Waals surface area contributed by atoms with Crippen LogP contribution in [0.4, 0.5) is 0 Å². The van der Waals surface area contributed by atoms with Crippen LogP contribution in [-0.2, 0) is 0 Å². The lowest BCUT2D eigenvalue weighted by atomic mass is 12.0. The minimum absolute atomic E-state index is 0. The van der Waals surface area contributed by atoms with E-state index in [9.17, 15) is 0 Å². The highest BCUT2D eigenvalue weighted by atomic mass is 31.0. The van der Waals surface area contributed by atoms with Gasteiger partial charge in [-0.15, -0.1) is 0 Å². The Morgan fingerprint density at radius 1 is 1.00 bits per heavy atom. The molecule has 0 atom stereocenters. The summed E-state index contributed by atoms with van der Waals surface area (Å²) >= 11 is 0. The molecule has 0 aliphatic carbocycles. The molecule has 0 saturated carbocycles. The molecular weight excluding hydrogens is 103 g/mol. The van der Waals surface area contributed by atoms with Gasteiger partial charge in [0.05, 0.1) is 0 Å². The molecule has 0 aliphatic rings. The third kappa shape index (κ3) is 682. The van der Waals surface area contributed by atoms with Crippen LogP contribution in [0.3, 0.4) is 0 Å². The van der Waals surface area contributed by atoms with Crippen LogP contribution in [0.2, 0.25) is 0 Å². The van der Waals surface area contributed by atoms with Gasteiger partial charge < -0.3 is 0 Å². The molecule has 0 aliphatic heterocycles. The van der Waals surface area contributed by atoms with Gasteiger partial charge in [-0.05, 0) is 9.68 Å². The normalized spacial score (nSPS) is 9.14. The Morgan fingerprint density at radius 3 is 1.00 bits per heavy atom. The molecule has 0 nitrogen and oxygen atoms in total. The van der Waals surface area contributed by atoms with Crippen molar-refractivity contribution in [1.82, 2.24) is 0 Å². The smallest absolute Gasteiger partial charge is 0.0776 e. The minimum Gasteiger partial charge on any atom is -0.0776 e. The maximum Gasteiger partial charge on any atom is 0.260 e. The Bertz CT molecular complexity index is 53.8. The molecule has 0 aromatic carbocycles. The van der Waals surface area contributed by atoms with Crippen LogP contribution in [0.5, 0.6) is 0 Å². The van der Waals surface area contributed by atoms with E-state index >= 15 is 0 Å². The Balaban J connectivity index is -0.0000000000296. The fourth-order valence-corrected chi connectivity index (χ4v) is 0. The van der Waals surface area contributed by atoms with Gasteiger partial charge in [0.2, 0.25) is 0 Å². The third-order valence-corrected chi connectivity index (χ3v) is 0. The summed E-state index contributed by atoms with van der Waals surface area (Å²) in [5, 5.41) is 0. The quantitative estimate of drug-likeness (QED) is 0.390. The van der Waals surface area contributed by atoms with Crippen molar-refractivity contribution in [3.05, 3.63) is 0 Å². The van der Waals surface area contributed by atoms with Crippen molar-refractivity contribution in [1.29, 1.82) is 5.11 Å². The lowest BCUT2D eigenvalue weighted by Gasteiger charge is -0.0786. The van der Waals surface area contributed by atoms with E-state index in [1.807, 2.05) is 0 Å². The molecule has 0 amide bonds. The second-order valence-electron chi connectivity index (χ2n) is 0. The summed E-state index contributed by atoms with van der Waals surface area (Å²) in [6.07, 6.45) is 0. The molecule has 0 unspecified atom stereocenters. The topological polar surface area (TPSA) is 0 Å². The zero-order chi connectivity index (χ0) is 4.50. The SMILES string of the molecule is C.C.C.C.C.C.[3HH].[3HH].[3HH].[3HH].[3HH].[3HH].[3HH].[3HH].[3HH].[3HH].[3HH].[3HH].[3HH].[3HH].[3HH].[3HH].[3H][P+]([3H])([3H])[3H].[HH].[HH].[HH].[HH].[HH].[HH].[HH].[HH].[HH].[HH].[HH].[HH].[HH].[HH].[HH].[HH].[HH].[HH].[HH].[HH].[HH].[HH].[HH].[HH].[HH].[HH].[HH].[HH].[HH].[HH].[HH].[HH].[HH].[HH].[HH].[HH].[HH].[HH].[HH].[HH].[HH].[HH].[HH].[HH].[HH].[HH].[HH].[HH].[HH].[HH].[HH].[HH]. The zero-order valence-corrected chi connectivity index (χ0v) is 1.34. The van der Waals surface area contributed by atoms with E-state index in [-0.39, 0.29) is 142 Å². The molecule has 0 saturated heterocycles. The first-order valence-corrected chi connectivity index (χ1v) is 0. The first-order valence-electron chi connectivity index (χ1n) is 1.79. The van der Waals surface area contributed by atoms with Gasteiger partial charge in [-0.2, -0.15) is 0 Å². The predicted octanol–water partition coefficient (Wildman–Crippen LogP) is 20.3. The van der Waals surface area contributed by atoms with Gasteiger partial charge in [-0.25, -0.2) is 0 Å². The first-order chi connectivity index (χ1) is 2.00. The summed E-state index contributed by atoms with van der Waals surface area (Å²) in [5.41, 5.74) is 0. The van der Waals surface area contributed by atoms with Gasteiger partial charge in [-0.1, -0.05) is 44.6 Å². The standard InChI is InChI=1S/6CH4.H3P.68H2/h6*1H4;1H3;68*1H/p+1/i;;;;;;1T3;16*1+2;;;;;;;;;;;;;;;;;;;;;;;;;;;;;;;;;;;;;;;;;;;;;;;;;;;;/hT. The molecule has 1 heteroatoms. The molecule has 7 heavy (non-hydrogen) atoms. The van der Waals surface area contributed by atoms with Gasteiger partial charge >= 0.3 is 0 Å². The summed E-state index contributed by atoms with van der Waals surface area (Å²) in [6, 6.07) is 0. The zero-order valence-electron chi connectivity index (χ0n) is 4.45. The van der Waals surface area contributed by atoms with E-state index in [1.165, 1.54) is 0 Å². The van der Waals surface area contributed by atoms with Crippen molar-refractivity contribution in [2.75, 3.05) is 0 Å². The highest BCUT2D eigenvalue weighted by Gasteiger charge is -0.0393. The van der Waals surface area contributed by atoms with Crippen molar-refractivity contribution in [3.8, 4) is 0 Å². The van der Waals surface area contributed by atoms with E-state index in [0.29, 0.717) is 0 Å². The van der Waals surface area contributed by atoms with Crippen molar-refractivity contribution >= 4 is 9.68 Å². The van der Waals surface area contributed by atoms with Crippen LogP contribution < -0.4 is 0 Å². The summed E-state index contributed by atoms with van der Waals surface area (Å²) in [6.45, 7) is 0. The highest BCUT2D eigenvalue weighted by Crippen LogP contribution is 0.861. The van der Waals surface area contributed by atoms with Crippen LogP contribution in [0.15, 0.2) is 0 Å². The molecule has 0 spiro atoms. The van der Waals surface area contributed by atoms with E-state index in [4.69, 9.17) is 5.11 Å². The Kier molecular flexibility index (Phi) is 2290. The lowest BCUT2D eigenvalue weighted by molar-refractivity contribution is 2.50. The average Bonchev–Trinajstić information content (AvgIpc) is 0.722. The third-order valence-electron chi connectivity index (χ3n) is 0. The molecule has 0 heterocycles. The van der Waals surface area contributed by atoms with E-state index in [1.54, 1.807) is 0 Å². The first kappa shape index (κ1) is 15.7. The molecule has 0 N–H and O–H groups in total. The van der Waals surface area contributed by atoms with Gasteiger partial charge in [0.1, 0.15) is 0 Å². The highest BCUT2D eigenvalue weighted by molar-refractivity contribution is 6.92. The molecule has 0 fully saturated rings. The summed E-state index contributed by atoms with van der Waals surface area (Å²) in [5.74, 6) is 0. The Labute approximate surface area is 161 Å². The van der Waals surface area contributed by atoms with E-state index in [2.05, 4.69) is 0 Å². The average molecular weight is 309 g/mol. The van der Waals surface area contributed by atoms with E-state index < -0.39 is 9.68 Å². The summed E-state index contributed by atoms with van der Waals surface area (Å²) in [4.78, 5) is 0. The number of hydrogen-bond donors (Lipinski definition) is 0. The monoisotopic (exact) mass is 308 g/mol. The summed E-state index contributed by atoms with van der Waals surface area (Å²) < 4.78 is 24.2. The van der Waals surface area contributed by atoms with Gasteiger partial charge in [0.15, 0.2) is 0 Å². The second-order valence-corrected chi connectivity index (χ2v) is 0. The fraction of sp³-hybridized carbons (Fsp3) is 1.00. The van der Waals surface area contributed by atoms with Crippen molar-refractivity contribution in [2.45, 2.75) is 44.6 Å². The number of hydrogen-bond acceptors (Lipinski definition) is 0. The Morgan fingerprint density at radius 2 is 1.00 bits per heavy atom. The van der Waals surface area contributed by atoms with Crippen molar-refractivity contribution in [2.24, 2.45) is 0 Å². The number of rotatable bonds is 0. The Hall–Kier alpha value is 0.430. The molecule has 0 bridgehead atoms. The van der Waals surface area contributed by atoms with Gasteiger partial charge in [-0.3, -0.25) is 0 Å². The summed E-state index contributed by atoms with van der Waals surface area (Å²) in [7, 11) is -3.39. The van der Waals surface area contributed by atoms with Crippen LogP contribution in [0.1, 0.15) is 142 Å². The molecule has 192 valence electrons. The maximum absolute atomic E-state index is 6.05.